The van der Waals surface area contributed by atoms with Crippen molar-refractivity contribution >= 4 is 34.0 Å². The molecule has 4 aromatic rings. The number of benzene rings is 2. The van der Waals surface area contributed by atoms with Crippen molar-refractivity contribution in [1.29, 1.82) is 0 Å². The molecule has 0 spiro atoms. The van der Waals surface area contributed by atoms with Gasteiger partial charge >= 0.3 is 0 Å². The van der Waals surface area contributed by atoms with Gasteiger partial charge in [-0.05, 0) is 36.4 Å². The van der Waals surface area contributed by atoms with Crippen LogP contribution in [0.25, 0.3) is 22.6 Å². The van der Waals surface area contributed by atoms with Crippen molar-refractivity contribution in [2.45, 2.75) is 0 Å². The van der Waals surface area contributed by atoms with E-state index in [0.29, 0.717) is 23.0 Å². The van der Waals surface area contributed by atoms with Gasteiger partial charge in [0.15, 0.2) is 17.3 Å². The van der Waals surface area contributed by atoms with E-state index in [4.69, 9.17) is 15.5 Å². The molecular formula is C21H21N7O. The lowest BCUT2D eigenvalue weighted by Gasteiger charge is -2.28. The fourth-order valence-electron chi connectivity index (χ4n) is 3.44. The maximum atomic E-state index is 5.92. The van der Waals surface area contributed by atoms with Gasteiger partial charge in [-0.15, -0.1) is 0 Å². The van der Waals surface area contributed by atoms with Gasteiger partial charge in [0.1, 0.15) is 5.52 Å². The second-order valence-electron chi connectivity index (χ2n) is 6.89. The first kappa shape index (κ1) is 17.4. The van der Waals surface area contributed by atoms with Crippen molar-refractivity contribution in [3.8, 4) is 11.4 Å². The van der Waals surface area contributed by atoms with Crippen LogP contribution in [-0.2, 0) is 4.74 Å². The molecule has 2 aromatic carbocycles. The number of rotatable bonds is 4. The number of imidazole rings is 1. The number of hydrogen-bond acceptors (Lipinski definition) is 7. The van der Waals surface area contributed by atoms with Gasteiger partial charge in [0, 0.05) is 35.7 Å². The molecule has 8 nitrogen and oxygen atoms in total. The topological polar surface area (TPSA) is 105 Å². The molecule has 0 amide bonds. The zero-order chi connectivity index (χ0) is 19.6. The number of H-pyrrole nitrogens is 1. The van der Waals surface area contributed by atoms with Crippen LogP contribution in [0.2, 0.25) is 0 Å². The third kappa shape index (κ3) is 3.57. The van der Waals surface area contributed by atoms with E-state index in [1.807, 2.05) is 24.3 Å². The van der Waals surface area contributed by atoms with Gasteiger partial charge in [-0.1, -0.05) is 12.1 Å². The van der Waals surface area contributed by atoms with Gasteiger partial charge in [0.05, 0.1) is 19.5 Å². The number of anilines is 4. The number of morpholine rings is 1. The van der Waals surface area contributed by atoms with E-state index in [1.165, 1.54) is 5.69 Å². The average molecular weight is 387 g/mol. The highest BCUT2D eigenvalue weighted by molar-refractivity contribution is 5.87. The molecule has 8 heteroatoms. The molecule has 1 aliphatic heterocycles. The van der Waals surface area contributed by atoms with Crippen LogP contribution in [0.15, 0.2) is 54.9 Å². The molecule has 146 valence electrons. The summed E-state index contributed by atoms with van der Waals surface area (Å²) in [5.41, 5.74) is 10.9. The Hall–Kier alpha value is -3.65. The molecule has 0 bridgehead atoms. The highest BCUT2D eigenvalue weighted by Crippen LogP contribution is 2.27. The Labute approximate surface area is 167 Å². The second-order valence-corrected chi connectivity index (χ2v) is 6.89. The smallest absolute Gasteiger partial charge is 0.183 e. The van der Waals surface area contributed by atoms with Crippen molar-refractivity contribution in [1.82, 2.24) is 19.9 Å². The Morgan fingerprint density at radius 3 is 2.66 bits per heavy atom. The van der Waals surface area contributed by atoms with Gasteiger partial charge in [0.25, 0.3) is 0 Å². The molecule has 0 unspecified atom stereocenters. The molecule has 4 N–H and O–H groups in total. The summed E-state index contributed by atoms with van der Waals surface area (Å²) < 4.78 is 5.43. The molecule has 1 saturated heterocycles. The standard InChI is InChI=1S/C21H21N7O/c22-15-3-1-2-14(12-15)19-26-20-18(23-13-24-20)21(27-19)25-16-4-6-17(7-5-16)28-8-10-29-11-9-28/h1-7,12-13H,8-11,22H2,(H2,23,24,25,26,27). The van der Waals surface area contributed by atoms with Crippen LogP contribution in [0.5, 0.6) is 0 Å². The van der Waals surface area contributed by atoms with Gasteiger partial charge in [-0.25, -0.2) is 15.0 Å². The second kappa shape index (κ2) is 7.40. The number of aromatic nitrogens is 4. The van der Waals surface area contributed by atoms with E-state index in [0.717, 1.165) is 43.1 Å². The highest BCUT2D eigenvalue weighted by Gasteiger charge is 2.13. The predicted molar refractivity (Wildman–Crippen MR) is 114 cm³/mol. The number of fused-ring (bicyclic) bond motifs is 1. The fraction of sp³-hybridized carbons (Fsp3) is 0.190. The molecule has 2 aromatic heterocycles. The normalized spacial score (nSPS) is 14.3. The summed E-state index contributed by atoms with van der Waals surface area (Å²) >= 11 is 0. The van der Waals surface area contributed by atoms with E-state index in [-0.39, 0.29) is 0 Å². The first-order chi connectivity index (χ1) is 14.3. The summed E-state index contributed by atoms with van der Waals surface area (Å²) in [7, 11) is 0. The minimum Gasteiger partial charge on any atom is -0.399 e. The van der Waals surface area contributed by atoms with Gasteiger partial charge < -0.3 is 25.7 Å². The van der Waals surface area contributed by atoms with Crippen molar-refractivity contribution in [2.24, 2.45) is 0 Å². The van der Waals surface area contributed by atoms with E-state index in [9.17, 15) is 0 Å². The number of ether oxygens (including phenoxy) is 1. The summed E-state index contributed by atoms with van der Waals surface area (Å²) in [6, 6.07) is 15.8. The number of nitrogens with two attached hydrogens (primary N) is 1. The first-order valence-corrected chi connectivity index (χ1v) is 9.53. The minimum absolute atomic E-state index is 0.573. The molecule has 1 fully saturated rings. The Morgan fingerprint density at radius 2 is 1.86 bits per heavy atom. The Balaban J connectivity index is 1.46. The van der Waals surface area contributed by atoms with E-state index in [2.05, 4.69) is 49.4 Å². The fourth-order valence-corrected chi connectivity index (χ4v) is 3.44. The van der Waals surface area contributed by atoms with Crippen molar-refractivity contribution < 1.29 is 4.74 Å². The summed E-state index contributed by atoms with van der Waals surface area (Å²) in [5, 5.41) is 3.39. The van der Waals surface area contributed by atoms with Crippen LogP contribution in [0.3, 0.4) is 0 Å². The van der Waals surface area contributed by atoms with Gasteiger partial charge in [0.2, 0.25) is 0 Å². The molecule has 5 rings (SSSR count). The third-order valence-electron chi connectivity index (χ3n) is 4.94. The quantitative estimate of drug-likeness (QED) is 0.462. The predicted octanol–water partition coefficient (Wildman–Crippen LogP) is 3.18. The summed E-state index contributed by atoms with van der Waals surface area (Å²) in [6.45, 7) is 3.37. The molecule has 0 radical (unpaired) electrons. The van der Waals surface area contributed by atoms with Crippen molar-refractivity contribution in [2.75, 3.05) is 42.3 Å². The van der Waals surface area contributed by atoms with E-state index >= 15 is 0 Å². The van der Waals surface area contributed by atoms with E-state index in [1.54, 1.807) is 6.33 Å². The minimum atomic E-state index is 0.573. The van der Waals surface area contributed by atoms with Crippen LogP contribution in [0, 0.1) is 0 Å². The monoisotopic (exact) mass is 387 g/mol. The lowest BCUT2D eigenvalue weighted by molar-refractivity contribution is 0.122. The number of nitrogen functional groups attached to an aromatic ring is 1. The lowest BCUT2D eigenvalue weighted by atomic mass is 10.2. The van der Waals surface area contributed by atoms with E-state index < -0.39 is 0 Å². The molecule has 3 heterocycles. The Morgan fingerprint density at radius 1 is 1.03 bits per heavy atom. The number of hydrogen-bond donors (Lipinski definition) is 3. The Bertz CT molecular complexity index is 1130. The lowest BCUT2D eigenvalue weighted by Crippen LogP contribution is -2.36. The zero-order valence-corrected chi connectivity index (χ0v) is 15.8. The molecular weight excluding hydrogens is 366 g/mol. The number of aromatic amines is 1. The van der Waals surface area contributed by atoms with Crippen molar-refractivity contribution in [3.63, 3.8) is 0 Å². The first-order valence-electron chi connectivity index (χ1n) is 9.53. The summed E-state index contributed by atoms with van der Waals surface area (Å²) in [5.74, 6) is 1.24. The highest BCUT2D eigenvalue weighted by atomic mass is 16.5. The average Bonchev–Trinajstić information content (AvgIpc) is 3.24. The third-order valence-corrected chi connectivity index (χ3v) is 4.94. The zero-order valence-electron chi connectivity index (χ0n) is 15.8. The number of nitrogens with zero attached hydrogens (tertiary/aromatic N) is 4. The Kier molecular flexibility index (Phi) is 4.45. The van der Waals surface area contributed by atoms with Crippen molar-refractivity contribution in [3.05, 3.63) is 54.9 Å². The maximum absolute atomic E-state index is 5.92. The summed E-state index contributed by atoms with van der Waals surface area (Å²) in [6.07, 6.45) is 1.62. The number of nitrogens with one attached hydrogen (secondary N) is 2. The molecule has 0 atom stereocenters. The van der Waals surface area contributed by atoms with Crippen LogP contribution in [0.1, 0.15) is 0 Å². The van der Waals surface area contributed by atoms with Crippen LogP contribution in [-0.4, -0.2) is 46.2 Å². The molecule has 1 aliphatic rings. The molecule has 29 heavy (non-hydrogen) atoms. The van der Waals surface area contributed by atoms with Gasteiger partial charge in [-0.3, -0.25) is 0 Å². The van der Waals surface area contributed by atoms with Crippen LogP contribution < -0.4 is 16.0 Å². The largest absolute Gasteiger partial charge is 0.399 e. The SMILES string of the molecule is Nc1cccc(-c2nc(Nc3ccc(N4CCOCC4)cc3)c3[nH]cnc3n2)c1. The summed E-state index contributed by atoms with van der Waals surface area (Å²) in [4.78, 5) is 19.0. The molecule has 0 aliphatic carbocycles. The molecule has 0 saturated carbocycles. The van der Waals surface area contributed by atoms with Crippen LogP contribution in [0.4, 0.5) is 22.9 Å². The van der Waals surface area contributed by atoms with Crippen LogP contribution >= 0.6 is 0 Å². The van der Waals surface area contributed by atoms with Gasteiger partial charge in [-0.2, -0.15) is 0 Å². The maximum Gasteiger partial charge on any atom is 0.183 e.